The molecule has 1 heterocycles. The Morgan fingerprint density at radius 1 is 1.21 bits per heavy atom. The maximum absolute atomic E-state index is 5.92. The molecule has 0 aromatic heterocycles. The van der Waals surface area contributed by atoms with Crippen LogP contribution in [0, 0.1) is 0 Å². The van der Waals surface area contributed by atoms with Gasteiger partial charge in [-0.15, -0.1) is 0 Å². The van der Waals surface area contributed by atoms with Gasteiger partial charge in [0.25, 0.3) is 0 Å². The highest BCUT2D eigenvalue weighted by molar-refractivity contribution is 4.95. The molecule has 1 saturated carbocycles. The van der Waals surface area contributed by atoms with Crippen molar-refractivity contribution in [2.45, 2.75) is 63.8 Å². The maximum atomic E-state index is 5.92. The van der Waals surface area contributed by atoms with Crippen LogP contribution in [0.3, 0.4) is 0 Å². The smallest absolute Gasteiger partial charge is 0.170 e. The highest BCUT2D eigenvalue weighted by atomic mass is 16.7. The Morgan fingerprint density at radius 2 is 1.95 bits per heavy atom. The van der Waals surface area contributed by atoms with E-state index in [2.05, 4.69) is 31.1 Å². The first-order valence-electron chi connectivity index (χ1n) is 7.92. The summed E-state index contributed by atoms with van der Waals surface area (Å²) in [5, 5.41) is 3.71. The average molecular weight is 270 g/mol. The second kappa shape index (κ2) is 7.02. The fourth-order valence-electron chi connectivity index (χ4n) is 3.44. The number of hydrogen-bond acceptors (Lipinski definition) is 4. The summed E-state index contributed by atoms with van der Waals surface area (Å²) in [5.41, 5.74) is 0. The number of ether oxygens (including phenoxy) is 2. The Kier molecular flexibility index (Phi) is 5.63. The third-order valence-corrected chi connectivity index (χ3v) is 4.43. The third-order valence-electron chi connectivity index (χ3n) is 4.43. The van der Waals surface area contributed by atoms with Gasteiger partial charge in [-0.3, -0.25) is 0 Å². The number of hydrogen-bond donors (Lipinski definition) is 1. The van der Waals surface area contributed by atoms with Gasteiger partial charge in [0, 0.05) is 24.9 Å². The molecule has 2 unspecified atom stereocenters. The van der Waals surface area contributed by atoms with Crippen molar-refractivity contribution >= 4 is 0 Å². The van der Waals surface area contributed by atoms with E-state index in [1.165, 1.54) is 12.8 Å². The van der Waals surface area contributed by atoms with Crippen LogP contribution in [0.25, 0.3) is 0 Å². The lowest BCUT2D eigenvalue weighted by atomic mass is 9.84. The van der Waals surface area contributed by atoms with Gasteiger partial charge in [0.1, 0.15) is 0 Å². The minimum absolute atomic E-state index is 0.281. The van der Waals surface area contributed by atoms with Crippen molar-refractivity contribution < 1.29 is 9.47 Å². The molecule has 2 fully saturated rings. The summed E-state index contributed by atoms with van der Waals surface area (Å²) in [6.45, 7) is 8.24. The molecule has 2 atom stereocenters. The zero-order valence-electron chi connectivity index (χ0n) is 12.8. The molecule has 1 saturated heterocycles. The molecule has 1 aliphatic heterocycles. The number of nitrogens with one attached hydrogen (secondary N) is 1. The minimum Gasteiger partial charge on any atom is -0.347 e. The van der Waals surface area contributed by atoms with Gasteiger partial charge < -0.3 is 19.7 Å². The molecule has 0 bridgehead atoms. The largest absolute Gasteiger partial charge is 0.347 e. The van der Waals surface area contributed by atoms with Crippen LogP contribution in [0.2, 0.25) is 0 Å². The van der Waals surface area contributed by atoms with Gasteiger partial charge in [0.2, 0.25) is 0 Å². The summed E-state index contributed by atoms with van der Waals surface area (Å²) in [7, 11) is 2.24. The lowest BCUT2D eigenvalue weighted by molar-refractivity contribution is -0.192. The second-order valence-corrected chi connectivity index (χ2v) is 5.96. The summed E-state index contributed by atoms with van der Waals surface area (Å²) >= 11 is 0. The van der Waals surface area contributed by atoms with Crippen LogP contribution in [0.4, 0.5) is 0 Å². The molecule has 0 radical (unpaired) electrons. The van der Waals surface area contributed by atoms with Crippen LogP contribution in [-0.2, 0) is 9.47 Å². The van der Waals surface area contributed by atoms with E-state index in [4.69, 9.17) is 9.47 Å². The summed E-state index contributed by atoms with van der Waals surface area (Å²) in [6, 6.07) is 1.10. The van der Waals surface area contributed by atoms with Gasteiger partial charge in [-0.05, 0) is 39.4 Å². The van der Waals surface area contributed by atoms with Crippen molar-refractivity contribution in [2.75, 3.05) is 33.4 Å². The zero-order valence-corrected chi connectivity index (χ0v) is 12.8. The van der Waals surface area contributed by atoms with Gasteiger partial charge in [-0.2, -0.15) is 0 Å². The van der Waals surface area contributed by atoms with Crippen molar-refractivity contribution in [3.8, 4) is 0 Å². The second-order valence-electron chi connectivity index (χ2n) is 5.96. The van der Waals surface area contributed by atoms with Crippen molar-refractivity contribution in [1.29, 1.82) is 0 Å². The fourth-order valence-corrected chi connectivity index (χ4v) is 3.44. The Labute approximate surface area is 117 Å². The van der Waals surface area contributed by atoms with Crippen LogP contribution < -0.4 is 5.32 Å². The Hall–Kier alpha value is -0.160. The first-order valence-corrected chi connectivity index (χ1v) is 7.92. The minimum atomic E-state index is -0.281. The van der Waals surface area contributed by atoms with Crippen LogP contribution in [0.1, 0.15) is 46.0 Å². The molecule has 2 rings (SSSR count). The maximum Gasteiger partial charge on any atom is 0.170 e. The highest BCUT2D eigenvalue weighted by Gasteiger charge is 2.45. The molecule has 4 nitrogen and oxygen atoms in total. The van der Waals surface area contributed by atoms with Crippen molar-refractivity contribution in [3.05, 3.63) is 0 Å². The van der Waals surface area contributed by atoms with E-state index in [-0.39, 0.29) is 5.79 Å². The Bertz CT molecular complexity index is 267. The molecule has 1 aliphatic carbocycles. The zero-order chi connectivity index (χ0) is 13.7. The van der Waals surface area contributed by atoms with Gasteiger partial charge in [-0.1, -0.05) is 13.8 Å². The van der Waals surface area contributed by atoms with Gasteiger partial charge in [0.05, 0.1) is 13.2 Å². The first kappa shape index (κ1) is 15.2. The number of nitrogens with zero attached hydrogens (tertiary/aromatic N) is 1. The van der Waals surface area contributed by atoms with E-state index >= 15 is 0 Å². The average Bonchev–Trinajstić information content (AvgIpc) is 2.86. The monoisotopic (exact) mass is 270 g/mol. The van der Waals surface area contributed by atoms with Crippen molar-refractivity contribution in [3.63, 3.8) is 0 Å². The van der Waals surface area contributed by atoms with Crippen LogP contribution in [-0.4, -0.2) is 56.1 Å². The molecule has 112 valence electrons. The topological polar surface area (TPSA) is 33.7 Å². The van der Waals surface area contributed by atoms with Gasteiger partial charge >= 0.3 is 0 Å². The molecule has 19 heavy (non-hydrogen) atoms. The molecule has 1 N–H and O–H groups in total. The van der Waals surface area contributed by atoms with Crippen molar-refractivity contribution in [2.24, 2.45) is 0 Å². The van der Waals surface area contributed by atoms with E-state index in [9.17, 15) is 0 Å². The molecule has 1 spiro atoms. The quantitative estimate of drug-likeness (QED) is 0.800. The standard InChI is InChI=1S/C15H30N2O2/c1-4-8-16-13-6-7-15(18-10-11-19-15)12-14(13)17(3)9-5-2/h13-14,16H,4-12H2,1-3H3. The summed E-state index contributed by atoms with van der Waals surface area (Å²) in [5.74, 6) is -0.281. The van der Waals surface area contributed by atoms with E-state index in [1.807, 2.05) is 0 Å². The van der Waals surface area contributed by atoms with Gasteiger partial charge in [-0.25, -0.2) is 0 Å². The lowest BCUT2D eigenvalue weighted by Gasteiger charge is -2.45. The van der Waals surface area contributed by atoms with Gasteiger partial charge in [0.15, 0.2) is 5.79 Å². The van der Waals surface area contributed by atoms with E-state index in [0.29, 0.717) is 12.1 Å². The highest BCUT2D eigenvalue weighted by Crippen LogP contribution is 2.37. The molecule has 0 amide bonds. The molecule has 4 heteroatoms. The lowest BCUT2D eigenvalue weighted by Crippen LogP contribution is -2.57. The number of rotatable bonds is 6. The van der Waals surface area contributed by atoms with Crippen LogP contribution >= 0.6 is 0 Å². The van der Waals surface area contributed by atoms with E-state index in [1.54, 1.807) is 0 Å². The predicted octanol–water partition coefficient (Wildman–Crippen LogP) is 1.99. The summed E-state index contributed by atoms with van der Waals surface area (Å²) < 4.78 is 11.8. The fraction of sp³-hybridized carbons (Fsp3) is 1.00. The summed E-state index contributed by atoms with van der Waals surface area (Å²) in [6.07, 6.45) is 5.58. The number of likely N-dealkylation sites (N-methyl/N-ethyl adjacent to an activating group) is 1. The normalized spacial score (nSPS) is 30.3. The Morgan fingerprint density at radius 3 is 2.58 bits per heavy atom. The van der Waals surface area contributed by atoms with Crippen LogP contribution in [0.15, 0.2) is 0 Å². The molecule has 2 aliphatic rings. The Balaban J connectivity index is 2.00. The molecule has 0 aromatic carbocycles. The summed E-state index contributed by atoms with van der Waals surface area (Å²) in [4.78, 5) is 2.49. The molecular weight excluding hydrogens is 240 g/mol. The SMILES string of the molecule is CCCNC1CCC2(CC1N(C)CCC)OCCO2. The van der Waals surface area contributed by atoms with Crippen LogP contribution in [0.5, 0.6) is 0 Å². The predicted molar refractivity (Wildman–Crippen MR) is 77.3 cm³/mol. The van der Waals surface area contributed by atoms with E-state index < -0.39 is 0 Å². The molecular formula is C15H30N2O2. The third kappa shape index (κ3) is 3.69. The first-order chi connectivity index (χ1) is 9.21. The van der Waals surface area contributed by atoms with E-state index in [0.717, 1.165) is 45.6 Å². The van der Waals surface area contributed by atoms with Crippen molar-refractivity contribution in [1.82, 2.24) is 10.2 Å². The molecule has 0 aromatic rings.